The van der Waals surface area contributed by atoms with Gasteiger partial charge in [-0.3, -0.25) is 9.48 Å². The van der Waals surface area contributed by atoms with E-state index >= 15 is 0 Å². The number of carbonyl (C=O) groups excluding carboxylic acids is 1. The zero-order chi connectivity index (χ0) is 16.6. The molecule has 1 saturated heterocycles. The molecule has 1 aromatic carbocycles. The van der Waals surface area contributed by atoms with E-state index in [1.165, 1.54) is 12.1 Å². The molecule has 0 spiro atoms. The maximum Gasteiger partial charge on any atom is 0.257 e. The van der Waals surface area contributed by atoms with Gasteiger partial charge in [0.05, 0.1) is 30.5 Å². The zero-order valence-electron chi connectivity index (χ0n) is 13.5. The van der Waals surface area contributed by atoms with Gasteiger partial charge < -0.3 is 9.64 Å². The van der Waals surface area contributed by atoms with Crippen molar-refractivity contribution in [1.82, 2.24) is 14.7 Å². The number of benzene rings is 1. The van der Waals surface area contributed by atoms with Gasteiger partial charge >= 0.3 is 0 Å². The van der Waals surface area contributed by atoms with Gasteiger partial charge in [0, 0.05) is 24.8 Å². The quantitative estimate of drug-likeness (QED) is 0.854. The summed E-state index contributed by atoms with van der Waals surface area (Å²) >= 11 is 0. The highest BCUT2D eigenvalue weighted by molar-refractivity contribution is 5.94. The van der Waals surface area contributed by atoms with Crippen molar-refractivity contribution in [2.45, 2.75) is 19.9 Å². The van der Waals surface area contributed by atoms with Gasteiger partial charge in [-0.25, -0.2) is 4.39 Å². The standard InChI is InChI=1S/C17H20FN3O2/c1-11-16(12(2)20(3)19-11)15-10-23-9-8-21(15)17(22)13-6-4-5-7-14(13)18/h4-7,15H,8-10H2,1-3H3/t15-/m1/s1. The second kappa shape index (κ2) is 6.12. The summed E-state index contributed by atoms with van der Waals surface area (Å²) in [6, 6.07) is 5.84. The fourth-order valence-electron chi connectivity index (χ4n) is 3.15. The molecule has 23 heavy (non-hydrogen) atoms. The Balaban J connectivity index is 1.99. The van der Waals surface area contributed by atoms with E-state index in [1.807, 2.05) is 20.9 Å². The number of morpholine rings is 1. The minimum atomic E-state index is -0.498. The second-order valence-corrected chi connectivity index (χ2v) is 5.78. The second-order valence-electron chi connectivity index (χ2n) is 5.78. The number of rotatable bonds is 2. The van der Waals surface area contributed by atoms with Crippen LogP contribution < -0.4 is 0 Å². The molecule has 0 aliphatic carbocycles. The third kappa shape index (κ3) is 2.74. The van der Waals surface area contributed by atoms with Crippen LogP contribution in [0.1, 0.15) is 33.4 Å². The Hall–Kier alpha value is -2.21. The summed E-state index contributed by atoms with van der Waals surface area (Å²) in [5.74, 6) is -0.804. The van der Waals surface area contributed by atoms with Crippen molar-refractivity contribution in [1.29, 1.82) is 0 Å². The van der Waals surface area contributed by atoms with Gasteiger partial charge in [-0.2, -0.15) is 5.10 Å². The minimum Gasteiger partial charge on any atom is -0.377 e. The number of ether oxygens (including phenoxy) is 1. The summed E-state index contributed by atoms with van der Waals surface area (Å²) in [5.41, 5.74) is 2.94. The predicted molar refractivity (Wildman–Crippen MR) is 83.7 cm³/mol. The van der Waals surface area contributed by atoms with Gasteiger partial charge in [0.1, 0.15) is 5.82 Å². The van der Waals surface area contributed by atoms with Crippen molar-refractivity contribution in [2.75, 3.05) is 19.8 Å². The summed E-state index contributed by atoms with van der Waals surface area (Å²) in [6.07, 6.45) is 0. The first-order valence-corrected chi connectivity index (χ1v) is 7.64. The number of carbonyl (C=O) groups is 1. The Morgan fingerprint density at radius 3 is 2.74 bits per heavy atom. The molecule has 2 heterocycles. The van der Waals surface area contributed by atoms with E-state index in [-0.39, 0.29) is 17.5 Å². The molecular weight excluding hydrogens is 297 g/mol. The third-order valence-electron chi connectivity index (χ3n) is 4.39. The highest BCUT2D eigenvalue weighted by Crippen LogP contribution is 2.30. The Kier molecular flexibility index (Phi) is 4.17. The summed E-state index contributed by atoms with van der Waals surface area (Å²) in [7, 11) is 1.87. The molecular formula is C17H20FN3O2. The van der Waals surface area contributed by atoms with Crippen LogP contribution in [0, 0.1) is 19.7 Å². The molecule has 0 unspecified atom stereocenters. The zero-order valence-corrected chi connectivity index (χ0v) is 13.5. The third-order valence-corrected chi connectivity index (χ3v) is 4.39. The molecule has 122 valence electrons. The van der Waals surface area contributed by atoms with Crippen LogP contribution in [0.4, 0.5) is 4.39 Å². The van der Waals surface area contributed by atoms with E-state index < -0.39 is 5.82 Å². The first-order valence-electron chi connectivity index (χ1n) is 7.64. The molecule has 1 aromatic heterocycles. The average molecular weight is 317 g/mol. The average Bonchev–Trinajstić information content (AvgIpc) is 2.80. The first kappa shape index (κ1) is 15.7. The molecule has 0 radical (unpaired) electrons. The fourth-order valence-corrected chi connectivity index (χ4v) is 3.15. The van der Waals surface area contributed by atoms with Crippen LogP contribution in [0.3, 0.4) is 0 Å². The van der Waals surface area contributed by atoms with E-state index in [4.69, 9.17) is 4.74 Å². The summed E-state index contributed by atoms with van der Waals surface area (Å²) in [6.45, 7) is 5.17. The van der Waals surface area contributed by atoms with E-state index in [1.54, 1.807) is 21.7 Å². The molecule has 1 amide bonds. The number of hydrogen-bond acceptors (Lipinski definition) is 3. The molecule has 1 aliphatic heterocycles. The van der Waals surface area contributed by atoms with Crippen LogP contribution in [0.15, 0.2) is 24.3 Å². The summed E-state index contributed by atoms with van der Waals surface area (Å²) < 4.78 is 21.4. The van der Waals surface area contributed by atoms with Crippen molar-refractivity contribution in [3.63, 3.8) is 0 Å². The summed E-state index contributed by atoms with van der Waals surface area (Å²) in [5, 5.41) is 4.42. The first-order chi connectivity index (χ1) is 11.0. The molecule has 6 heteroatoms. The molecule has 1 atom stereocenters. The van der Waals surface area contributed by atoms with Crippen LogP contribution in [0.5, 0.6) is 0 Å². The van der Waals surface area contributed by atoms with Crippen molar-refractivity contribution in [3.8, 4) is 0 Å². The van der Waals surface area contributed by atoms with Crippen LogP contribution in [-0.4, -0.2) is 40.3 Å². The molecule has 0 saturated carbocycles. The van der Waals surface area contributed by atoms with Gasteiger partial charge in [-0.05, 0) is 26.0 Å². The topological polar surface area (TPSA) is 47.4 Å². The molecule has 0 N–H and O–H groups in total. The fraction of sp³-hybridized carbons (Fsp3) is 0.412. The minimum absolute atomic E-state index is 0.0959. The molecule has 0 bridgehead atoms. The van der Waals surface area contributed by atoms with Gasteiger partial charge in [0.25, 0.3) is 5.91 Å². The number of aryl methyl sites for hydroxylation is 2. The molecule has 3 rings (SSSR count). The Morgan fingerprint density at radius 2 is 2.09 bits per heavy atom. The van der Waals surface area contributed by atoms with Crippen LogP contribution in [-0.2, 0) is 11.8 Å². The lowest BCUT2D eigenvalue weighted by Gasteiger charge is -2.36. The lowest BCUT2D eigenvalue weighted by molar-refractivity contribution is -0.00328. The predicted octanol–water partition coefficient (Wildman–Crippen LogP) is 2.39. The van der Waals surface area contributed by atoms with Crippen molar-refractivity contribution in [2.24, 2.45) is 7.05 Å². The molecule has 1 aliphatic rings. The van der Waals surface area contributed by atoms with Gasteiger partial charge in [0.2, 0.25) is 0 Å². The van der Waals surface area contributed by atoms with Crippen LogP contribution in [0.25, 0.3) is 0 Å². The van der Waals surface area contributed by atoms with Crippen LogP contribution in [0.2, 0.25) is 0 Å². The summed E-state index contributed by atoms with van der Waals surface area (Å²) in [4.78, 5) is 14.5. The van der Waals surface area contributed by atoms with E-state index in [2.05, 4.69) is 5.10 Å². The van der Waals surface area contributed by atoms with Crippen molar-refractivity contribution < 1.29 is 13.9 Å². The number of hydrogen-bond donors (Lipinski definition) is 0. The monoisotopic (exact) mass is 317 g/mol. The largest absolute Gasteiger partial charge is 0.377 e. The van der Waals surface area contributed by atoms with E-state index in [9.17, 15) is 9.18 Å². The number of aromatic nitrogens is 2. The Morgan fingerprint density at radius 1 is 1.35 bits per heavy atom. The van der Waals surface area contributed by atoms with Gasteiger partial charge in [0.15, 0.2) is 0 Å². The van der Waals surface area contributed by atoms with Gasteiger partial charge in [-0.15, -0.1) is 0 Å². The number of amides is 1. The highest BCUT2D eigenvalue weighted by Gasteiger charge is 2.33. The van der Waals surface area contributed by atoms with Gasteiger partial charge in [-0.1, -0.05) is 12.1 Å². The van der Waals surface area contributed by atoms with Crippen LogP contribution >= 0.6 is 0 Å². The Bertz CT molecular complexity index is 741. The smallest absolute Gasteiger partial charge is 0.257 e. The Labute approximate surface area is 134 Å². The highest BCUT2D eigenvalue weighted by atomic mass is 19.1. The maximum atomic E-state index is 14.0. The normalized spacial score (nSPS) is 18.3. The van der Waals surface area contributed by atoms with E-state index in [0.717, 1.165) is 17.0 Å². The van der Waals surface area contributed by atoms with Crippen molar-refractivity contribution >= 4 is 5.91 Å². The molecule has 2 aromatic rings. The SMILES string of the molecule is Cc1nn(C)c(C)c1[C@H]1COCCN1C(=O)c1ccccc1F. The van der Waals surface area contributed by atoms with E-state index in [0.29, 0.717) is 19.8 Å². The van der Waals surface area contributed by atoms with Crippen molar-refractivity contribution in [3.05, 3.63) is 52.6 Å². The maximum absolute atomic E-state index is 14.0. The lowest BCUT2D eigenvalue weighted by Crippen LogP contribution is -2.44. The lowest BCUT2D eigenvalue weighted by atomic mass is 10.0. The number of nitrogens with zero attached hydrogens (tertiary/aromatic N) is 3. The number of halogens is 1. The molecule has 1 fully saturated rings. The molecule has 5 nitrogen and oxygen atoms in total.